The van der Waals surface area contributed by atoms with Crippen LogP contribution in [0.1, 0.15) is 9.88 Å². The molecular weight excluding hydrogens is 284 g/mol. The highest BCUT2D eigenvalue weighted by Crippen LogP contribution is 2.28. The Morgan fingerprint density at radius 3 is 3.06 bits per heavy atom. The molecule has 0 unspecified atom stereocenters. The summed E-state index contributed by atoms with van der Waals surface area (Å²) >= 11 is 4.88. The molecule has 0 bridgehead atoms. The van der Waals surface area contributed by atoms with Crippen molar-refractivity contribution in [2.45, 2.75) is 17.8 Å². The van der Waals surface area contributed by atoms with Crippen molar-refractivity contribution >= 4 is 50.5 Å². The van der Waals surface area contributed by atoms with Gasteiger partial charge in [0.2, 0.25) is 0 Å². The summed E-state index contributed by atoms with van der Waals surface area (Å²) in [5.74, 6) is 1.39. The number of hydrogen-bond acceptors (Lipinski definition) is 7. The molecule has 2 N–H and O–H groups in total. The summed E-state index contributed by atoms with van der Waals surface area (Å²) in [7, 11) is 0. The number of thioether (sulfide) groups is 1. The minimum absolute atomic E-state index is 0.559. The maximum atomic E-state index is 5.91. The fourth-order valence-electron chi connectivity index (χ4n) is 1.53. The van der Waals surface area contributed by atoms with Crippen molar-refractivity contribution < 1.29 is 0 Å². The van der Waals surface area contributed by atoms with Gasteiger partial charge in [-0.1, -0.05) is 11.8 Å². The molecule has 3 aromatic rings. The van der Waals surface area contributed by atoms with Gasteiger partial charge in [0.15, 0.2) is 5.16 Å². The zero-order chi connectivity index (χ0) is 12.5. The van der Waals surface area contributed by atoms with Crippen molar-refractivity contribution in [1.29, 1.82) is 0 Å². The average molecular weight is 294 g/mol. The van der Waals surface area contributed by atoms with Crippen LogP contribution in [0, 0.1) is 6.92 Å². The van der Waals surface area contributed by atoms with Crippen LogP contribution in [0.15, 0.2) is 22.8 Å². The molecule has 0 spiro atoms. The van der Waals surface area contributed by atoms with E-state index in [1.807, 2.05) is 24.6 Å². The van der Waals surface area contributed by atoms with E-state index in [1.165, 1.54) is 4.88 Å². The monoisotopic (exact) mass is 294 g/mol. The first-order valence-electron chi connectivity index (χ1n) is 5.27. The largest absolute Gasteiger partial charge is 0.383 e. The third-order valence-electron chi connectivity index (χ3n) is 2.35. The molecule has 0 amide bonds. The molecule has 0 fully saturated rings. The van der Waals surface area contributed by atoms with Crippen LogP contribution in [-0.2, 0) is 5.75 Å². The summed E-state index contributed by atoms with van der Waals surface area (Å²) in [6.45, 7) is 2.00. The minimum atomic E-state index is 0.559. The van der Waals surface area contributed by atoms with Gasteiger partial charge in [0, 0.05) is 16.8 Å². The summed E-state index contributed by atoms with van der Waals surface area (Å²) in [5.41, 5.74) is 5.91. The van der Waals surface area contributed by atoms with Crippen molar-refractivity contribution in [2.24, 2.45) is 0 Å². The molecule has 0 saturated carbocycles. The van der Waals surface area contributed by atoms with Crippen LogP contribution in [-0.4, -0.2) is 15.0 Å². The van der Waals surface area contributed by atoms with E-state index in [-0.39, 0.29) is 0 Å². The molecule has 3 aromatic heterocycles. The molecular formula is C11H10N4S3. The number of aromatic nitrogens is 3. The lowest BCUT2D eigenvalue weighted by Gasteiger charge is -2.00. The van der Waals surface area contributed by atoms with Crippen molar-refractivity contribution in [3.8, 4) is 0 Å². The molecule has 0 aliphatic rings. The van der Waals surface area contributed by atoms with Gasteiger partial charge in [-0.25, -0.2) is 15.0 Å². The van der Waals surface area contributed by atoms with Crippen LogP contribution >= 0.6 is 34.4 Å². The van der Waals surface area contributed by atoms with E-state index in [9.17, 15) is 0 Å². The number of aryl methyl sites for hydroxylation is 1. The van der Waals surface area contributed by atoms with E-state index in [0.29, 0.717) is 5.82 Å². The Morgan fingerprint density at radius 2 is 2.28 bits per heavy atom. The summed E-state index contributed by atoms with van der Waals surface area (Å²) < 4.78 is 0. The van der Waals surface area contributed by atoms with Crippen molar-refractivity contribution in [3.63, 3.8) is 0 Å². The van der Waals surface area contributed by atoms with Gasteiger partial charge in [-0.2, -0.15) is 0 Å². The standard InChI is InChI=1S/C11H10N4S3/c1-6-13-4-7(18-6)5-17-11-14-9(12)8-2-3-16-10(8)15-11/h2-4H,5H2,1H3,(H2,12,14,15). The Labute approximate surface area is 116 Å². The maximum absolute atomic E-state index is 5.91. The van der Waals surface area contributed by atoms with Gasteiger partial charge in [-0.05, 0) is 18.4 Å². The fraction of sp³-hybridized carbons (Fsp3) is 0.182. The topological polar surface area (TPSA) is 64.7 Å². The van der Waals surface area contributed by atoms with Gasteiger partial charge >= 0.3 is 0 Å². The van der Waals surface area contributed by atoms with Crippen molar-refractivity contribution in [3.05, 3.63) is 27.5 Å². The molecule has 3 rings (SSSR count). The van der Waals surface area contributed by atoms with Gasteiger partial charge in [0.05, 0.1) is 10.4 Å². The predicted molar refractivity (Wildman–Crippen MR) is 78.2 cm³/mol. The number of fused-ring (bicyclic) bond motifs is 1. The van der Waals surface area contributed by atoms with Crippen molar-refractivity contribution in [2.75, 3.05) is 5.73 Å². The smallest absolute Gasteiger partial charge is 0.191 e. The second-order valence-electron chi connectivity index (χ2n) is 3.67. The summed E-state index contributed by atoms with van der Waals surface area (Å²) in [6.07, 6.45) is 1.90. The molecule has 0 aliphatic carbocycles. The van der Waals surface area contributed by atoms with Crippen LogP contribution in [0.2, 0.25) is 0 Å². The molecule has 7 heteroatoms. The number of nitrogens with zero attached hydrogens (tertiary/aromatic N) is 3. The molecule has 0 atom stereocenters. The highest BCUT2D eigenvalue weighted by molar-refractivity contribution is 7.98. The predicted octanol–water partition coefficient (Wildman–Crippen LogP) is 3.33. The second kappa shape index (κ2) is 4.83. The van der Waals surface area contributed by atoms with Gasteiger partial charge in [-0.15, -0.1) is 22.7 Å². The molecule has 4 nitrogen and oxygen atoms in total. The lowest BCUT2D eigenvalue weighted by Crippen LogP contribution is -1.94. The Bertz CT molecular complexity index is 688. The van der Waals surface area contributed by atoms with Crippen LogP contribution in [0.25, 0.3) is 10.2 Å². The average Bonchev–Trinajstić information content (AvgIpc) is 2.95. The third kappa shape index (κ3) is 2.33. The SMILES string of the molecule is Cc1ncc(CSc2nc(N)c3ccsc3n2)s1. The molecule has 18 heavy (non-hydrogen) atoms. The summed E-state index contributed by atoms with van der Waals surface area (Å²) in [6, 6.07) is 1.95. The number of thiazole rings is 1. The molecule has 0 aromatic carbocycles. The number of hydrogen-bond donors (Lipinski definition) is 1. The third-order valence-corrected chi connectivity index (χ3v) is 5.14. The van der Waals surface area contributed by atoms with E-state index in [1.54, 1.807) is 34.4 Å². The van der Waals surface area contributed by atoms with Crippen LogP contribution in [0.4, 0.5) is 5.82 Å². The number of nitrogens with two attached hydrogens (primary N) is 1. The van der Waals surface area contributed by atoms with Gasteiger partial charge in [0.25, 0.3) is 0 Å². The fourth-order valence-corrected chi connectivity index (χ4v) is 4.03. The molecule has 3 heterocycles. The highest BCUT2D eigenvalue weighted by Gasteiger charge is 2.07. The first kappa shape index (κ1) is 11.9. The van der Waals surface area contributed by atoms with Gasteiger partial charge < -0.3 is 5.73 Å². The minimum Gasteiger partial charge on any atom is -0.383 e. The Hall–Kier alpha value is -1.18. The van der Waals surface area contributed by atoms with Crippen LogP contribution in [0.3, 0.4) is 0 Å². The zero-order valence-corrected chi connectivity index (χ0v) is 12.0. The van der Waals surface area contributed by atoms with Crippen molar-refractivity contribution in [1.82, 2.24) is 15.0 Å². The molecule has 0 aliphatic heterocycles. The van der Waals surface area contributed by atoms with E-state index in [4.69, 9.17) is 5.73 Å². The highest BCUT2D eigenvalue weighted by atomic mass is 32.2. The van der Waals surface area contributed by atoms with E-state index >= 15 is 0 Å². The first-order valence-corrected chi connectivity index (χ1v) is 7.95. The first-order chi connectivity index (χ1) is 8.72. The van der Waals surface area contributed by atoms with Crippen LogP contribution < -0.4 is 5.73 Å². The summed E-state index contributed by atoms with van der Waals surface area (Å²) in [5, 5.41) is 4.74. The van der Waals surface area contributed by atoms with Crippen LogP contribution in [0.5, 0.6) is 0 Å². The maximum Gasteiger partial charge on any atom is 0.191 e. The number of thiophene rings is 1. The molecule has 92 valence electrons. The summed E-state index contributed by atoms with van der Waals surface area (Å²) in [4.78, 5) is 15.2. The second-order valence-corrected chi connectivity index (χ2v) is 6.82. The van der Waals surface area contributed by atoms with Gasteiger partial charge in [0.1, 0.15) is 10.6 Å². The number of rotatable bonds is 3. The van der Waals surface area contributed by atoms with E-state index in [0.717, 1.165) is 26.1 Å². The lowest BCUT2D eigenvalue weighted by molar-refractivity contribution is 1.02. The van der Waals surface area contributed by atoms with E-state index < -0.39 is 0 Å². The van der Waals surface area contributed by atoms with E-state index in [2.05, 4.69) is 15.0 Å². The number of nitrogen functional groups attached to an aromatic ring is 1. The Balaban J connectivity index is 1.82. The zero-order valence-electron chi connectivity index (χ0n) is 9.58. The lowest BCUT2D eigenvalue weighted by atomic mass is 10.4. The molecule has 0 radical (unpaired) electrons. The Kier molecular flexibility index (Phi) is 3.19. The normalized spacial score (nSPS) is 11.2. The number of anilines is 1. The molecule has 0 saturated heterocycles. The Morgan fingerprint density at radius 1 is 1.39 bits per heavy atom. The quantitative estimate of drug-likeness (QED) is 0.593. The van der Waals surface area contributed by atoms with Gasteiger partial charge in [-0.3, -0.25) is 0 Å².